The summed E-state index contributed by atoms with van der Waals surface area (Å²) in [5.41, 5.74) is 9.57. The number of aromatic nitrogens is 8. The standard InChI is InChI=1S/C17H17N11O2S2/c1-27-9-20-23-17(27)32-8-12-13(21-26-28(12)15-14(18)24-30-25-15)16(29)22-19-7-10-3-5-11(31-2)6-4-10/h3-7,9H,8H2,1-2H3,(H2,18,24)(H,22,29). The van der Waals surface area contributed by atoms with E-state index in [1.807, 2.05) is 37.6 Å². The lowest BCUT2D eigenvalue weighted by molar-refractivity contribution is 0.0949. The minimum absolute atomic E-state index is 0.0125. The van der Waals surface area contributed by atoms with Crippen LogP contribution in [-0.2, 0) is 12.8 Å². The quantitative estimate of drug-likeness (QED) is 0.215. The molecule has 0 spiro atoms. The van der Waals surface area contributed by atoms with Gasteiger partial charge in [0.2, 0.25) is 11.6 Å². The van der Waals surface area contributed by atoms with Crippen molar-refractivity contribution in [3.63, 3.8) is 0 Å². The zero-order chi connectivity index (χ0) is 22.5. The molecule has 0 saturated heterocycles. The van der Waals surface area contributed by atoms with E-state index in [1.54, 1.807) is 28.9 Å². The summed E-state index contributed by atoms with van der Waals surface area (Å²) in [5.74, 6) is -0.133. The normalized spacial score (nSPS) is 11.3. The first-order valence-corrected chi connectivity index (χ1v) is 11.2. The number of hydrogen-bond acceptors (Lipinski definition) is 12. The number of carbonyl (C=O) groups excluding carboxylic acids is 1. The molecule has 0 aliphatic carbocycles. The molecule has 164 valence electrons. The molecule has 3 N–H and O–H groups in total. The van der Waals surface area contributed by atoms with Crippen molar-refractivity contribution in [1.29, 1.82) is 0 Å². The van der Waals surface area contributed by atoms with Gasteiger partial charge in [-0.25, -0.2) is 10.1 Å². The Bertz CT molecular complexity index is 1250. The highest BCUT2D eigenvalue weighted by Crippen LogP contribution is 2.24. The zero-order valence-corrected chi connectivity index (χ0v) is 18.5. The summed E-state index contributed by atoms with van der Waals surface area (Å²) in [6.45, 7) is 0. The molecule has 15 heteroatoms. The van der Waals surface area contributed by atoms with E-state index in [2.05, 4.69) is 46.0 Å². The number of amides is 1. The van der Waals surface area contributed by atoms with Crippen LogP contribution in [0.3, 0.4) is 0 Å². The van der Waals surface area contributed by atoms with Gasteiger partial charge in [-0.05, 0) is 34.3 Å². The van der Waals surface area contributed by atoms with Crippen molar-refractivity contribution < 1.29 is 9.42 Å². The Morgan fingerprint density at radius 2 is 2.09 bits per heavy atom. The first-order valence-electron chi connectivity index (χ1n) is 9.04. The molecular weight excluding hydrogens is 454 g/mol. The lowest BCUT2D eigenvalue weighted by Crippen LogP contribution is -2.20. The molecular formula is C17H17N11O2S2. The molecule has 0 bridgehead atoms. The summed E-state index contributed by atoms with van der Waals surface area (Å²) >= 11 is 2.98. The highest BCUT2D eigenvalue weighted by atomic mass is 32.2. The van der Waals surface area contributed by atoms with Crippen molar-refractivity contribution in [2.24, 2.45) is 12.1 Å². The molecule has 3 aromatic heterocycles. The Labute approximate surface area is 189 Å². The number of hydrogen-bond donors (Lipinski definition) is 2. The van der Waals surface area contributed by atoms with Crippen LogP contribution in [0.1, 0.15) is 21.7 Å². The maximum absolute atomic E-state index is 12.8. The van der Waals surface area contributed by atoms with Gasteiger partial charge in [-0.15, -0.1) is 27.1 Å². The van der Waals surface area contributed by atoms with Crippen molar-refractivity contribution in [2.45, 2.75) is 15.8 Å². The van der Waals surface area contributed by atoms with Gasteiger partial charge >= 0.3 is 0 Å². The monoisotopic (exact) mass is 471 g/mol. The predicted octanol–water partition coefficient (Wildman–Crippen LogP) is 1.14. The highest BCUT2D eigenvalue weighted by molar-refractivity contribution is 7.98. The molecule has 1 amide bonds. The summed E-state index contributed by atoms with van der Waals surface area (Å²) in [4.78, 5) is 13.9. The van der Waals surface area contributed by atoms with Gasteiger partial charge in [-0.2, -0.15) is 9.78 Å². The minimum atomic E-state index is -0.545. The van der Waals surface area contributed by atoms with Gasteiger partial charge in [0.1, 0.15) is 6.33 Å². The van der Waals surface area contributed by atoms with Crippen molar-refractivity contribution in [3.05, 3.63) is 47.5 Å². The third-order valence-electron chi connectivity index (χ3n) is 4.18. The molecule has 4 aromatic rings. The minimum Gasteiger partial charge on any atom is -0.378 e. The summed E-state index contributed by atoms with van der Waals surface area (Å²) in [7, 11) is 1.81. The van der Waals surface area contributed by atoms with Gasteiger partial charge in [-0.1, -0.05) is 29.1 Å². The summed E-state index contributed by atoms with van der Waals surface area (Å²) in [6, 6.07) is 7.75. The molecule has 3 heterocycles. The Hall–Kier alpha value is -3.72. The van der Waals surface area contributed by atoms with E-state index in [0.717, 1.165) is 10.5 Å². The Morgan fingerprint density at radius 3 is 2.75 bits per heavy atom. The van der Waals surface area contributed by atoms with Crippen molar-refractivity contribution in [1.82, 2.24) is 45.5 Å². The van der Waals surface area contributed by atoms with Crippen LogP contribution in [0.15, 0.2) is 50.4 Å². The number of nitrogens with two attached hydrogens (primary N) is 1. The second-order valence-electron chi connectivity index (χ2n) is 6.25. The molecule has 0 saturated carbocycles. The number of benzene rings is 1. The predicted molar refractivity (Wildman–Crippen MR) is 117 cm³/mol. The molecule has 0 aliphatic heterocycles. The SMILES string of the molecule is CSc1ccc(C=NNC(=O)c2nnn(-c3nonc3N)c2CSc2nncn2C)cc1. The van der Waals surface area contributed by atoms with Gasteiger partial charge in [-0.3, -0.25) is 4.79 Å². The Morgan fingerprint density at radius 1 is 1.28 bits per heavy atom. The first-order chi connectivity index (χ1) is 15.6. The first kappa shape index (κ1) is 21.5. The maximum Gasteiger partial charge on any atom is 0.293 e. The maximum atomic E-state index is 12.8. The van der Waals surface area contributed by atoms with Gasteiger partial charge < -0.3 is 10.3 Å². The fourth-order valence-corrected chi connectivity index (χ4v) is 3.85. The summed E-state index contributed by atoms with van der Waals surface area (Å²) in [6.07, 6.45) is 5.12. The third kappa shape index (κ3) is 4.62. The van der Waals surface area contributed by atoms with E-state index in [0.29, 0.717) is 10.9 Å². The molecule has 13 nitrogen and oxygen atoms in total. The molecule has 0 fully saturated rings. The van der Waals surface area contributed by atoms with E-state index in [1.165, 1.54) is 16.4 Å². The third-order valence-corrected chi connectivity index (χ3v) is 5.97. The molecule has 4 rings (SSSR count). The molecule has 0 unspecified atom stereocenters. The van der Waals surface area contributed by atoms with Gasteiger partial charge in [0, 0.05) is 17.7 Å². The summed E-state index contributed by atoms with van der Waals surface area (Å²) in [5, 5.41) is 27.8. The zero-order valence-electron chi connectivity index (χ0n) is 16.9. The lowest BCUT2D eigenvalue weighted by atomic mass is 10.2. The number of nitrogens with one attached hydrogen (secondary N) is 1. The molecule has 0 aliphatic rings. The van der Waals surface area contributed by atoms with Gasteiger partial charge in [0.15, 0.2) is 10.9 Å². The van der Waals surface area contributed by atoms with E-state index in [9.17, 15) is 4.79 Å². The fourth-order valence-electron chi connectivity index (χ4n) is 2.56. The van der Waals surface area contributed by atoms with Crippen molar-refractivity contribution in [2.75, 3.05) is 12.0 Å². The van der Waals surface area contributed by atoms with E-state index in [4.69, 9.17) is 5.73 Å². The second-order valence-corrected chi connectivity index (χ2v) is 8.08. The van der Waals surface area contributed by atoms with Crippen LogP contribution < -0.4 is 11.2 Å². The molecule has 32 heavy (non-hydrogen) atoms. The number of carbonyl (C=O) groups is 1. The lowest BCUT2D eigenvalue weighted by Gasteiger charge is -2.05. The van der Waals surface area contributed by atoms with E-state index in [-0.39, 0.29) is 23.1 Å². The number of rotatable bonds is 8. The van der Waals surface area contributed by atoms with Crippen LogP contribution in [0.2, 0.25) is 0 Å². The average molecular weight is 472 g/mol. The largest absolute Gasteiger partial charge is 0.378 e. The number of hydrazone groups is 1. The van der Waals surface area contributed by atoms with E-state index >= 15 is 0 Å². The number of nitrogen functional groups attached to an aromatic ring is 1. The van der Waals surface area contributed by atoms with Crippen molar-refractivity contribution >= 4 is 41.5 Å². The molecule has 0 radical (unpaired) electrons. The van der Waals surface area contributed by atoms with Crippen LogP contribution in [-0.4, -0.2) is 58.4 Å². The van der Waals surface area contributed by atoms with Crippen molar-refractivity contribution in [3.8, 4) is 5.82 Å². The number of aryl methyl sites for hydroxylation is 1. The van der Waals surface area contributed by atoms with Crippen LogP contribution in [0, 0.1) is 0 Å². The molecule has 0 atom stereocenters. The number of anilines is 1. The van der Waals surface area contributed by atoms with E-state index < -0.39 is 5.91 Å². The number of nitrogens with zero attached hydrogens (tertiary/aromatic N) is 9. The Balaban J connectivity index is 1.55. The average Bonchev–Trinajstić information content (AvgIpc) is 3.52. The molecule has 1 aromatic carbocycles. The smallest absolute Gasteiger partial charge is 0.293 e. The Kier molecular flexibility index (Phi) is 6.46. The van der Waals surface area contributed by atoms with Gasteiger partial charge in [0.25, 0.3) is 5.91 Å². The number of thioether (sulfide) groups is 2. The van der Waals surface area contributed by atoms with Gasteiger partial charge in [0.05, 0.1) is 11.9 Å². The van der Waals surface area contributed by atoms with Crippen LogP contribution in [0.25, 0.3) is 5.82 Å². The van der Waals surface area contributed by atoms with Crippen LogP contribution >= 0.6 is 23.5 Å². The van der Waals surface area contributed by atoms with Crippen LogP contribution in [0.4, 0.5) is 5.82 Å². The van der Waals surface area contributed by atoms with Crippen LogP contribution in [0.5, 0.6) is 0 Å². The second kappa shape index (κ2) is 9.61. The fraction of sp³-hybridized carbons (Fsp3) is 0.176. The topological polar surface area (TPSA) is 168 Å². The highest BCUT2D eigenvalue weighted by Gasteiger charge is 2.24. The summed E-state index contributed by atoms with van der Waals surface area (Å²) < 4.78 is 7.70.